The fourth-order valence-corrected chi connectivity index (χ4v) is 2.20. The van der Waals surface area contributed by atoms with E-state index in [9.17, 15) is 4.79 Å². The van der Waals surface area contributed by atoms with Crippen molar-refractivity contribution in [3.8, 4) is 5.75 Å². The molecular formula is C14H20N2O2. The number of carbonyl (C=O) groups is 1. The molecule has 1 atom stereocenters. The molecule has 4 nitrogen and oxygen atoms in total. The molecular weight excluding hydrogens is 228 g/mol. The molecule has 2 N–H and O–H groups in total. The van der Waals surface area contributed by atoms with Gasteiger partial charge in [0.15, 0.2) is 11.9 Å². The summed E-state index contributed by atoms with van der Waals surface area (Å²) < 4.78 is 5.60. The van der Waals surface area contributed by atoms with Crippen LogP contribution in [0.5, 0.6) is 5.75 Å². The average molecular weight is 248 g/mol. The van der Waals surface area contributed by atoms with Crippen LogP contribution in [0.15, 0.2) is 18.2 Å². The lowest BCUT2D eigenvalue weighted by Gasteiger charge is -2.33. The summed E-state index contributed by atoms with van der Waals surface area (Å²) in [5.41, 5.74) is 7.29. The number of rotatable bonds is 4. The van der Waals surface area contributed by atoms with Gasteiger partial charge in [-0.3, -0.25) is 4.79 Å². The average Bonchev–Trinajstić information content (AvgIpc) is 2.35. The molecule has 18 heavy (non-hydrogen) atoms. The van der Waals surface area contributed by atoms with Crippen LogP contribution in [0, 0.1) is 0 Å². The Morgan fingerprint density at radius 3 is 2.89 bits per heavy atom. The number of benzene rings is 1. The highest BCUT2D eigenvalue weighted by Crippen LogP contribution is 2.38. The number of hydrogen-bond acceptors (Lipinski definition) is 3. The second-order valence-electron chi connectivity index (χ2n) is 4.65. The third-order valence-electron chi connectivity index (χ3n) is 3.21. The molecule has 98 valence electrons. The molecule has 0 saturated carbocycles. The first-order valence-electron chi connectivity index (χ1n) is 6.51. The van der Waals surface area contributed by atoms with Gasteiger partial charge in [-0.1, -0.05) is 25.8 Å². The molecule has 0 bridgehead atoms. The van der Waals surface area contributed by atoms with Gasteiger partial charge >= 0.3 is 0 Å². The van der Waals surface area contributed by atoms with E-state index < -0.39 is 6.10 Å². The molecule has 0 radical (unpaired) electrons. The summed E-state index contributed by atoms with van der Waals surface area (Å²) in [6.45, 7) is 4.65. The molecule has 0 fully saturated rings. The highest BCUT2D eigenvalue weighted by molar-refractivity contribution is 6.01. The van der Waals surface area contributed by atoms with Gasteiger partial charge in [-0.15, -0.1) is 0 Å². The number of nitrogens with two attached hydrogens (primary N) is 1. The van der Waals surface area contributed by atoms with Crippen molar-refractivity contribution in [2.75, 3.05) is 17.2 Å². The normalized spacial score (nSPS) is 18.4. The topological polar surface area (TPSA) is 55.6 Å². The standard InChI is InChI=1S/C14H20N2O2/c1-3-4-5-9-16-12-8-6-7-11(15)13(12)18-10(2)14(16)17/h6-8,10H,3-5,9,15H2,1-2H3. The Kier molecular flexibility index (Phi) is 3.75. The third-order valence-corrected chi connectivity index (χ3v) is 3.21. The minimum absolute atomic E-state index is 0.0178. The largest absolute Gasteiger partial charge is 0.477 e. The molecule has 1 aromatic carbocycles. The SMILES string of the molecule is CCCCCN1C(=O)C(C)Oc2c(N)cccc21. The first-order chi connectivity index (χ1) is 8.65. The van der Waals surface area contributed by atoms with Crippen LogP contribution in [0.3, 0.4) is 0 Å². The molecule has 4 heteroatoms. The predicted molar refractivity (Wildman–Crippen MR) is 72.8 cm³/mol. The highest BCUT2D eigenvalue weighted by atomic mass is 16.5. The van der Waals surface area contributed by atoms with Gasteiger partial charge in [0.1, 0.15) is 0 Å². The smallest absolute Gasteiger partial charge is 0.267 e. The molecule has 0 spiro atoms. The number of nitrogen functional groups attached to an aromatic ring is 1. The Morgan fingerprint density at radius 2 is 2.17 bits per heavy atom. The van der Waals surface area contributed by atoms with Gasteiger partial charge in [0.2, 0.25) is 0 Å². The molecule has 1 amide bonds. The summed E-state index contributed by atoms with van der Waals surface area (Å²) in [6, 6.07) is 5.54. The van der Waals surface area contributed by atoms with Gasteiger partial charge in [-0.25, -0.2) is 0 Å². The summed E-state index contributed by atoms with van der Waals surface area (Å²) >= 11 is 0. The van der Waals surface area contributed by atoms with Gasteiger partial charge in [0, 0.05) is 6.54 Å². The number of unbranched alkanes of at least 4 members (excludes halogenated alkanes) is 2. The molecule has 1 aliphatic heterocycles. The summed E-state index contributed by atoms with van der Waals surface area (Å²) in [5, 5.41) is 0. The summed E-state index contributed by atoms with van der Waals surface area (Å²) in [7, 11) is 0. The van der Waals surface area contributed by atoms with Crippen LogP contribution in [0.2, 0.25) is 0 Å². The van der Waals surface area contributed by atoms with Crippen molar-refractivity contribution in [2.24, 2.45) is 0 Å². The molecule has 1 unspecified atom stereocenters. The summed E-state index contributed by atoms with van der Waals surface area (Å²) in [6.07, 6.45) is 2.81. The lowest BCUT2D eigenvalue weighted by atomic mass is 10.1. The van der Waals surface area contributed by atoms with Gasteiger partial charge in [0.05, 0.1) is 11.4 Å². The number of para-hydroxylation sites is 1. The van der Waals surface area contributed by atoms with Gasteiger partial charge < -0.3 is 15.4 Å². The van der Waals surface area contributed by atoms with E-state index in [1.807, 2.05) is 12.1 Å². The van der Waals surface area contributed by atoms with E-state index in [1.165, 1.54) is 0 Å². The van der Waals surface area contributed by atoms with Crippen LogP contribution in [-0.2, 0) is 4.79 Å². The number of amides is 1. The van der Waals surface area contributed by atoms with Crippen molar-refractivity contribution < 1.29 is 9.53 Å². The van der Waals surface area contributed by atoms with Crippen molar-refractivity contribution >= 4 is 17.3 Å². The number of nitrogens with zero attached hydrogens (tertiary/aromatic N) is 1. The minimum Gasteiger partial charge on any atom is -0.477 e. The first kappa shape index (κ1) is 12.7. The Balaban J connectivity index is 2.28. The van der Waals surface area contributed by atoms with E-state index in [-0.39, 0.29) is 5.91 Å². The second-order valence-corrected chi connectivity index (χ2v) is 4.65. The fraction of sp³-hybridized carbons (Fsp3) is 0.500. The fourth-order valence-electron chi connectivity index (χ4n) is 2.20. The van der Waals surface area contributed by atoms with Gasteiger partial charge in [0.25, 0.3) is 5.91 Å². The van der Waals surface area contributed by atoms with Crippen LogP contribution in [0.1, 0.15) is 33.1 Å². The maximum absolute atomic E-state index is 12.2. The monoisotopic (exact) mass is 248 g/mol. The molecule has 0 saturated heterocycles. The quantitative estimate of drug-likeness (QED) is 0.658. The Morgan fingerprint density at radius 1 is 1.39 bits per heavy atom. The number of fused-ring (bicyclic) bond motifs is 1. The highest BCUT2D eigenvalue weighted by Gasteiger charge is 2.31. The van der Waals surface area contributed by atoms with Crippen LogP contribution < -0.4 is 15.4 Å². The zero-order valence-electron chi connectivity index (χ0n) is 11.0. The van der Waals surface area contributed by atoms with E-state index >= 15 is 0 Å². The van der Waals surface area contributed by atoms with Crippen molar-refractivity contribution in [1.82, 2.24) is 0 Å². The molecule has 0 aliphatic carbocycles. The van der Waals surface area contributed by atoms with Gasteiger partial charge in [-0.2, -0.15) is 0 Å². The predicted octanol–water partition coefficient (Wildman–Crippen LogP) is 2.57. The molecule has 1 aliphatic rings. The third kappa shape index (κ3) is 2.28. The van der Waals surface area contributed by atoms with E-state index in [2.05, 4.69) is 6.92 Å². The van der Waals surface area contributed by atoms with Crippen molar-refractivity contribution in [3.05, 3.63) is 18.2 Å². The Bertz CT molecular complexity index is 445. The molecule has 1 aromatic rings. The second kappa shape index (κ2) is 5.29. The Labute approximate surface area is 108 Å². The summed E-state index contributed by atoms with van der Waals surface area (Å²) in [5.74, 6) is 0.658. The maximum Gasteiger partial charge on any atom is 0.267 e. The van der Waals surface area contributed by atoms with Crippen LogP contribution >= 0.6 is 0 Å². The van der Waals surface area contributed by atoms with E-state index in [1.54, 1.807) is 17.9 Å². The lowest BCUT2D eigenvalue weighted by Crippen LogP contribution is -2.45. The van der Waals surface area contributed by atoms with Crippen LogP contribution in [0.25, 0.3) is 0 Å². The van der Waals surface area contributed by atoms with Crippen LogP contribution in [-0.4, -0.2) is 18.6 Å². The lowest BCUT2D eigenvalue weighted by molar-refractivity contribution is -0.125. The minimum atomic E-state index is -0.455. The number of anilines is 2. The number of hydrogen-bond donors (Lipinski definition) is 1. The van der Waals surface area contributed by atoms with Crippen molar-refractivity contribution in [3.63, 3.8) is 0 Å². The van der Waals surface area contributed by atoms with Gasteiger partial charge in [-0.05, 0) is 25.5 Å². The zero-order chi connectivity index (χ0) is 13.1. The molecule has 2 rings (SSSR count). The maximum atomic E-state index is 12.2. The summed E-state index contributed by atoms with van der Waals surface area (Å²) in [4.78, 5) is 14.0. The molecule has 0 aromatic heterocycles. The zero-order valence-corrected chi connectivity index (χ0v) is 11.0. The van der Waals surface area contributed by atoms with E-state index in [0.717, 1.165) is 31.5 Å². The van der Waals surface area contributed by atoms with E-state index in [0.29, 0.717) is 11.4 Å². The number of carbonyl (C=O) groups excluding carboxylic acids is 1. The Hall–Kier alpha value is -1.71. The van der Waals surface area contributed by atoms with E-state index in [4.69, 9.17) is 10.5 Å². The number of ether oxygens (including phenoxy) is 1. The van der Waals surface area contributed by atoms with Crippen molar-refractivity contribution in [2.45, 2.75) is 39.2 Å². The first-order valence-corrected chi connectivity index (χ1v) is 6.51. The van der Waals surface area contributed by atoms with Crippen molar-refractivity contribution in [1.29, 1.82) is 0 Å². The van der Waals surface area contributed by atoms with Crippen LogP contribution in [0.4, 0.5) is 11.4 Å². The molecule has 1 heterocycles.